The zero-order valence-electron chi connectivity index (χ0n) is 11.5. The Bertz CT molecular complexity index is 312. The predicted molar refractivity (Wildman–Crippen MR) is 71.7 cm³/mol. The fraction of sp³-hybridized carbons (Fsp3) is 0.769. The lowest BCUT2D eigenvalue weighted by molar-refractivity contribution is -0.121. The number of imide groups is 1. The Morgan fingerprint density at radius 1 is 1.32 bits per heavy atom. The molecule has 1 fully saturated rings. The number of nitrogens with one attached hydrogen (secondary N) is 2. The first-order valence-corrected chi connectivity index (χ1v) is 6.91. The van der Waals surface area contributed by atoms with Crippen LogP contribution in [0, 0.1) is 5.92 Å². The molecule has 0 saturated carbocycles. The second-order valence-corrected chi connectivity index (χ2v) is 4.91. The van der Waals surface area contributed by atoms with Gasteiger partial charge in [-0.05, 0) is 32.4 Å². The molecule has 0 atom stereocenters. The van der Waals surface area contributed by atoms with Crippen LogP contribution in [0.15, 0.2) is 0 Å². The molecule has 0 spiro atoms. The fourth-order valence-electron chi connectivity index (χ4n) is 2.04. The van der Waals surface area contributed by atoms with E-state index in [0.717, 1.165) is 45.1 Å². The third-order valence-corrected chi connectivity index (χ3v) is 3.26. The Morgan fingerprint density at radius 3 is 2.58 bits per heavy atom. The molecule has 3 amide bonds. The molecule has 0 bridgehead atoms. The summed E-state index contributed by atoms with van der Waals surface area (Å²) in [7, 11) is 0. The number of aldehydes is 1. The van der Waals surface area contributed by atoms with Crippen LogP contribution in [0.5, 0.6) is 0 Å². The molecule has 0 aromatic heterocycles. The fourth-order valence-corrected chi connectivity index (χ4v) is 2.04. The molecule has 0 aromatic rings. The number of likely N-dealkylation sites (tertiary alicyclic amines) is 1. The second kappa shape index (κ2) is 8.63. The molecule has 0 unspecified atom stereocenters. The van der Waals surface area contributed by atoms with Gasteiger partial charge < -0.3 is 10.1 Å². The quantitative estimate of drug-likeness (QED) is 0.544. The van der Waals surface area contributed by atoms with E-state index in [1.54, 1.807) is 0 Å². The summed E-state index contributed by atoms with van der Waals surface area (Å²) < 4.78 is 0. The maximum absolute atomic E-state index is 11.6. The molecule has 2 N–H and O–H groups in total. The van der Waals surface area contributed by atoms with Gasteiger partial charge in [-0.25, -0.2) is 4.79 Å². The molecule has 108 valence electrons. The molecule has 0 aliphatic carbocycles. The number of amides is 3. The first kappa shape index (κ1) is 15.6. The summed E-state index contributed by atoms with van der Waals surface area (Å²) in [6.45, 7) is 4.30. The van der Waals surface area contributed by atoms with E-state index in [1.165, 1.54) is 0 Å². The smallest absolute Gasteiger partial charge is 0.321 e. The monoisotopic (exact) mass is 269 g/mol. The normalized spacial score (nSPS) is 16.9. The summed E-state index contributed by atoms with van der Waals surface area (Å²) in [5.74, 6) is -0.171. The summed E-state index contributed by atoms with van der Waals surface area (Å²) in [6.07, 6.45) is 4.47. The Morgan fingerprint density at radius 2 is 2.00 bits per heavy atom. The first-order valence-electron chi connectivity index (χ1n) is 6.91. The van der Waals surface area contributed by atoms with Gasteiger partial charge in [-0.2, -0.15) is 0 Å². The largest absolute Gasteiger partial charge is 0.338 e. The molecule has 6 nitrogen and oxygen atoms in total. The maximum Gasteiger partial charge on any atom is 0.321 e. The van der Waals surface area contributed by atoms with Crippen molar-refractivity contribution >= 4 is 18.2 Å². The molecular formula is C13H23N3O3. The molecule has 1 rings (SSSR count). The number of unbranched alkanes of at least 4 members (excludes halogenated alkanes) is 1. The average Bonchev–Trinajstić information content (AvgIpc) is 2.39. The lowest BCUT2D eigenvalue weighted by atomic mass is 9.99. The number of carbonyl (C=O) groups excluding carboxylic acids is 3. The van der Waals surface area contributed by atoms with Crippen LogP contribution in [0.1, 0.15) is 32.6 Å². The Hall–Kier alpha value is -1.43. The highest BCUT2D eigenvalue weighted by molar-refractivity contribution is 5.95. The standard InChI is InChI=1S/C13H23N3O3/c1-2-3-6-14-13(19)15-12(18)9-16-7-4-11(10-17)5-8-16/h10-11H,2-9H2,1H3,(H2,14,15,18,19). The van der Waals surface area contributed by atoms with Crippen LogP contribution in [0.2, 0.25) is 0 Å². The third kappa shape index (κ3) is 6.33. The number of nitrogens with zero attached hydrogens (tertiary/aromatic N) is 1. The van der Waals surface area contributed by atoms with Gasteiger partial charge in [-0.3, -0.25) is 15.0 Å². The summed E-state index contributed by atoms with van der Waals surface area (Å²) in [5, 5.41) is 4.94. The van der Waals surface area contributed by atoms with Gasteiger partial charge in [-0.15, -0.1) is 0 Å². The second-order valence-electron chi connectivity index (χ2n) is 4.91. The van der Waals surface area contributed by atoms with Crippen LogP contribution in [0.25, 0.3) is 0 Å². The zero-order chi connectivity index (χ0) is 14.1. The van der Waals surface area contributed by atoms with E-state index in [4.69, 9.17) is 0 Å². The maximum atomic E-state index is 11.6. The molecule has 0 aromatic carbocycles. The van der Waals surface area contributed by atoms with Crippen LogP contribution in [-0.4, -0.2) is 49.3 Å². The van der Waals surface area contributed by atoms with E-state index in [2.05, 4.69) is 10.6 Å². The predicted octanol–water partition coefficient (Wildman–Crippen LogP) is 0.523. The van der Waals surface area contributed by atoms with E-state index in [9.17, 15) is 14.4 Å². The molecule has 6 heteroatoms. The van der Waals surface area contributed by atoms with Gasteiger partial charge >= 0.3 is 6.03 Å². The minimum Gasteiger partial charge on any atom is -0.338 e. The van der Waals surface area contributed by atoms with E-state index in [0.29, 0.717) is 6.54 Å². The van der Waals surface area contributed by atoms with E-state index in [-0.39, 0.29) is 18.4 Å². The van der Waals surface area contributed by atoms with Crippen molar-refractivity contribution in [3.63, 3.8) is 0 Å². The molecule has 19 heavy (non-hydrogen) atoms. The van der Waals surface area contributed by atoms with Gasteiger partial charge in [0.2, 0.25) is 5.91 Å². The topological polar surface area (TPSA) is 78.5 Å². The van der Waals surface area contributed by atoms with Crippen LogP contribution >= 0.6 is 0 Å². The lowest BCUT2D eigenvalue weighted by Gasteiger charge is -2.28. The van der Waals surface area contributed by atoms with Crippen molar-refractivity contribution in [3.05, 3.63) is 0 Å². The summed E-state index contributed by atoms with van der Waals surface area (Å²) >= 11 is 0. The zero-order valence-corrected chi connectivity index (χ0v) is 11.5. The number of urea groups is 1. The molecule has 1 aliphatic rings. The highest BCUT2D eigenvalue weighted by Crippen LogP contribution is 2.14. The van der Waals surface area contributed by atoms with Crippen molar-refractivity contribution in [2.24, 2.45) is 5.92 Å². The summed E-state index contributed by atoms with van der Waals surface area (Å²) in [4.78, 5) is 35.6. The van der Waals surface area contributed by atoms with Gasteiger partial charge in [0.25, 0.3) is 0 Å². The lowest BCUT2D eigenvalue weighted by Crippen LogP contribution is -2.46. The van der Waals surface area contributed by atoms with Gasteiger partial charge in [0.05, 0.1) is 6.54 Å². The van der Waals surface area contributed by atoms with Crippen molar-refractivity contribution in [3.8, 4) is 0 Å². The Balaban J connectivity index is 2.17. The van der Waals surface area contributed by atoms with E-state index >= 15 is 0 Å². The first-order chi connectivity index (χ1) is 9.15. The highest BCUT2D eigenvalue weighted by atomic mass is 16.2. The highest BCUT2D eigenvalue weighted by Gasteiger charge is 2.20. The number of piperidine rings is 1. The minimum atomic E-state index is -0.429. The average molecular weight is 269 g/mol. The van der Waals surface area contributed by atoms with Gasteiger partial charge in [0.15, 0.2) is 0 Å². The van der Waals surface area contributed by atoms with E-state index in [1.807, 2.05) is 11.8 Å². The Labute approximate surface area is 113 Å². The summed E-state index contributed by atoms with van der Waals surface area (Å²) in [5.41, 5.74) is 0. The van der Waals surface area contributed by atoms with E-state index < -0.39 is 6.03 Å². The number of hydrogen-bond donors (Lipinski definition) is 2. The van der Waals surface area contributed by atoms with Crippen molar-refractivity contribution in [2.45, 2.75) is 32.6 Å². The van der Waals surface area contributed by atoms with Gasteiger partial charge in [-0.1, -0.05) is 13.3 Å². The van der Waals surface area contributed by atoms with Crippen molar-refractivity contribution in [1.82, 2.24) is 15.5 Å². The third-order valence-electron chi connectivity index (χ3n) is 3.26. The molecule has 0 radical (unpaired) electrons. The van der Waals surface area contributed by atoms with Crippen LogP contribution in [0.4, 0.5) is 4.79 Å². The van der Waals surface area contributed by atoms with Crippen molar-refractivity contribution in [1.29, 1.82) is 0 Å². The van der Waals surface area contributed by atoms with Gasteiger partial charge in [0.1, 0.15) is 6.29 Å². The van der Waals surface area contributed by atoms with Crippen LogP contribution in [0.3, 0.4) is 0 Å². The molecular weight excluding hydrogens is 246 g/mol. The molecule has 1 heterocycles. The Kier molecular flexibility index (Phi) is 7.10. The minimum absolute atomic E-state index is 0.122. The van der Waals surface area contributed by atoms with Gasteiger partial charge in [0, 0.05) is 12.5 Å². The number of hydrogen-bond acceptors (Lipinski definition) is 4. The number of rotatable bonds is 6. The number of carbonyl (C=O) groups is 3. The van der Waals surface area contributed by atoms with Crippen LogP contribution < -0.4 is 10.6 Å². The van der Waals surface area contributed by atoms with Crippen molar-refractivity contribution in [2.75, 3.05) is 26.2 Å². The molecule has 1 saturated heterocycles. The van der Waals surface area contributed by atoms with Crippen molar-refractivity contribution < 1.29 is 14.4 Å². The van der Waals surface area contributed by atoms with Crippen LogP contribution in [-0.2, 0) is 9.59 Å². The SMILES string of the molecule is CCCCNC(=O)NC(=O)CN1CCC(C=O)CC1. The summed E-state index contributed by atoms with van der Waals surface area (Å²) in [6, 6.07) is -0.429. The molecule has 1 aliphatic heterocycles.